The highest BCUT2D eigenvalue weighted by Gasteiger charge is 2.21. The molecular weight excluding hydrogens is 342 g/mol. The summed E-state index contributed by atoms with van der Waals surface area (Å²) in [5.74, 6) is 1.23. The largest absolute Gasteiger partial charge is 0.486 e. The van der Waals surface area contributed by atoms with Crippen LogP contribution in [0.5, 0.6) is 11.5 Å². The van der Waals surface area contributed by atoms with Gasteiger partial charge in [-0.1, -0.05) is 6.07 Å². The van der Waals surface area contributed by atoms with Crippen LogP contribution in [0.15, 0.2) is 42.0 Å². The monoisotopic (exact) mass is 357 g/mol. The number of carbonyl (C=O) groups excluding carboxylic acids is 1. The van der Waals surface area contributed by atoms with E-state index in [9.17, 15) is 4.79 Å². The van der Waals surface area contributed by atoms with E-state index in [0.717, 1.165) is 10.6 Å². The van der Waals surface area contributed by atoms with Gasteiger partial charge in [0.15, 0.2) is 11.5 Å². The fourth-order valence-corrected chi connectivity index (χ4v) is 3.25. The zero-order chi connectivity index (χ0) is 17.1. The summed E-state index contributed by atoms with van der Waals surface area (Å²) in [6, 6.07) is 9.49. The van der Waals surface area contributed by atoms with Crippen LogP contribution < -0.4 is 14.4 Å². The molecule has 0 saturated carbocycles. The molecule has 0 fully saturated rings. The molecule has 0 N–H and O–H groups in total. The molecule has 0 bridgehead atoms. The Morgan fingerprint density at radius 3 is 2.88 bits per heavy atom. The summed E-state index contributed by atoms with van der Waals surface area (Å²) >= 11 is 1.60. The molecule has 3 aromatic rings. The van der Waals surface area contributed by atoms with Crippen molar-refractivity contribution < 1.29 is 14.3 Å². The van der Waals surface area contributed by atoms with Crippen LogP contribution in [0.1, 0.15) is 4.88 Å². The molecule has 8 nitrogen and oxygen atoms in total. The molecule has 1 aliphatic rings. The molecule has 128 valence electrons. The Labute approximate surface area is 147 Å². The van der Waals surface area contributed by atoms with E-state index in [1.54, 1.807) is 16.2 Å². The minimum absolute atomic E-state index is 0.0623. The molecule has 0 unspecified atom stereocenters. The van der Waals surface area contributed by atoms with Crippen molar-refractivity contribution in [2.45, 2.75) is 13.1 Å². The number of nitrogens with zero attached hydrogens (tertiary/aromatic N) is 5. The molecule has 3 heterocycles. The highest BCUT2D eigenvalue weighted by molar-refractivity contribution is 7.09. The van der Waals surface area contributed by atoms with E-state index in [1.165, 1.54) is 11.0 Å². The summed E-state index contributed by atoms with van der Waals surface area (Å²) in [6.07, 6.45) is 1.42. The van der Waals surface area contributed by atoms with Crippen molar-refractivity contribution in [3.05, 3.63) is 46.9 Å². The number of thiophene rings is 1. The number of benzene rings is 1. The van der Waals surface area contributed by atoms with Gasteiger partial charge in [0.05, 0.1) is 6.54 Å². The number of hydrogen-bond donors (Lipinski definition) is 0. The first-order chi connectivity index (χ1) is 12.3. The number of carbonyl (C=O) groups is 1. The summed E-state index contributed by atoms with van der Waals surface area (Å²) in [7, 11) is 0. The van der Waals surface area contributed by atoms with Gasteiger partial charge in [-0.15, -0.1) is 16.4 Å². The lowest BCUT2D eigenvalue weighted by Gasteiger charge is -2.25. The van der Waals surface area contributed by atoms with Crippen molar-refractivity contribution in [2.24, 2.45) is 0 Å². The number of anilines is 1. The van der Waals surface area contributed by atoms with Gasteiger partial charge in [0.1, 0.15) is 26.1 Å². The molecule has 0 spiro atoms. The van der Waals surface area contributed by atoms with Crippen molar-refractivity contribution in [2.75, 3.05) is 18.1 Å². The number of rotatable bonds is 5. The summed E-state index contributed by atoms with van der Waals surface area (Å²) in [4.78, 5) is 15.6. The van der Waals surface area contributed by atoms with E-state index in [1.807, 2.05) is 35.7 Å². The van der Waals surface area contributed by atoms with Gasteiger partial charge in [0, 0.05) is 16.6 Å². The van der Waals surface area contributed by atoms with Gasteiger partial charge in [-0.25, -0.2) is 4.68 Å². The van der Waals surface area contributed by atoms with Gasteiger partial charge >= 0.3 is 0 Å². The third-order valence-corrected chi connectivity index (χ3v) is 4.58. The first-order valence-corrected chi connectivity index (χ1v) is 8.61. The Kier molecular flexibility index (Phi) is 4.30. The maximum Gasteiger partial charge on any atom is 0.249 e. The maximum atomic E-state index is 12.8. The van der Waals surface area contributed by atoms with Crippen molar-refractivity contribution >= 4 is 22.9 Å². The van der Waals surface area contributed by atoms with Crippen LogP contribution >= 0.6 is 11.3 Å². The quantitative estimate of drug-likeness (QED) is 0.692. The number of tetrazole rings is 1. The predicted octanol–water partition coefficient (Wildman–Crippen LogP) is 1.74. The Bertz CT molecular complexity index is 851. The molecule has 4 rings (SSSR count). The second kappa shape index (κ2) is 6.89. The second-order valence-electron chi connectivity index (χ2n) is 5.39. The van der Waals surface area contributed by atoms with E-state index >= 15 is 0 Å². The number of aromatic nitrogens is 4. The highest BCUT2D eigenvalue weighted by Crippen LogP contribution is 2.34. The zero-order valence-corrected chi connectivity index (χ0v) is 14.1. The molecule has 9 heteroatoms. The highest BCUT2D eigenvalue weighted by atomic mass is 32.1. The number of amides is 1. The van der Waals surface area contributed by atoms with E-state index in [4.69, 9.17) is 9.47 Å². The van der Waals surface area contributed by atoms with Crippen LogP contribution in [0, 0.1) is 0 Å². The molecule has 0 radical (unpaired) electrons. The smallest absolute Gasteiger partial charge is 0.249 e. The van der Waals surface area contributed by atoms with Crippen molar-refractivity contribution in [3.8, 4) is 11.5 Å². The Hall–Kier alpha value is -2.94. The van der Waals surface area contributed by atoms with Crippen LogP contribution in [-0.2, 0) is 17.9 Å². The third-order valence-electron chi connectivity index (χ3n) is 3.72. The van der Waals surface area contributed by atoms with Gasteiger partial charge < -0.3 is 14.4 Å². The Morgan fingerprint density at radius 1 is 1.24 bits per heavy atom. The van der Waals surface area contributed by atoms with Gasteiger partial charge in [-0.2, -0.15) is 0 Å². The number of hydrogen-bond acceptors (Lipinski definition) is 7. The van der Waals surface area contributed by atoms with Gasteiger partial charge in [-0.3, -0.25) is 4.79 Å². The standard InChI is InChI=1S/C16H15N5O3S/c22-16(10-20-11-17-18-19-20)21(9-13-2-1-7-25-13)12-3-4-14-15(8-12)24-6-5-23-14/h1-4,7-8,11H,5-6,9-10H2. The fraction of sp³-hybridized carbons (Fsp3) is 0.250. The lowest BCUT2D eigenvalue weighted by Crippen LogP contribution is -2.33. The number of fused-ring (bicyclic) bond motifs is 1. The average molecular weight is 357 g/mol. The maximum absolute atomic E-state index is 12.8. The lowest BCUT2D eigenvalue weighted by atomic mass is 10.2. The summed E-state index contributed by atoms with van der Waals surface area (Å²) in [5.41, 5.74) is 0.746. The van der Waals surface area contributed by atoms with Crippen molar-refractivity contribution in [1.29, 1.82) is 0 Å². The molecule has 0 saturated heterocycles. The van der Waals surface area contributed by atoms with Crippen LogP contribution in [-0.4, -0.2) is 39.3 Å². The molecule has 1 amide bonds. The molecule has 1 aromatic carbocycles. The second-order valence-corrected chi connectivity index (χ2v) is 6.43. The molecule has 1 aliphatic heterocycles. The number of ether oxygens (including phenoxy) is 2. The van der Waals surface area contributed by atoms with Crippen LogP contribution in [0.3, 0.4) is 0 Å². The van der Waals surface area contributed by atoms with Crippen LogP contribution in [0.4, 0.5) is 5.69 Å². The third kappa shape index (κ3) is 3.45. The first-order valence-electron chi connectivity index (χ1n) is 7.73. The summed E-state index contributed by atoms with van der Waals surface area (Å²) < 4.78 is 12.6. The van der Waals surface area contributed by atoms with Gasteiger partial charge in [-0.05, 0) is 34.0 Å². The SMILES string of the molecule is O=C(Cn1cnnn1)N(Cc1cccs1)c1ccc2c(c1)OCCO2. The van der Waals surface area contributed by atoms with Crippen LogP contribution in [0.25, 0.3) is 0 Å². The fourth-order valence-electron chi connectivity index (χ4n) is 2.56. The summed E-state index contributed by atoms with van der Waals surface area (Å²) in [6.45, 7) is 1.56. The van der Waals surface area contributed by atoms with E-state index in [2.05, 4.69) is 15.5 Å². The van der Waals surface area contributed by atoms with E-state index in [0.29, 0.717) is 31.3 Å². The molecular formula is C16H15N5O3S. The topological polar surface area (TPSA) is 82.4 Å². The normalized spacial score (nSPS) is 12.8. The zero-order valence-electron chi connectivity index (χ0n) is 13.2. The minimum atomic E-state index is -0.114. The van der Waals surface area contributed by atoms with Gasteiger partial charge in [0.25, 0.3) is 0 Å². The molecule has 2 aromatic heterocycles. The Morgan fingerprint density at radius 2 is 2.12 bits per heavy atom. The molecule has 0 aliphatic carbocycles. The average Bonchev–Trinajstić information content (AvgIpc) is 3.33. The molecule has 0 atom stereocenters. The lowest BCUT2D eigenvalue weighted by molar-refractivity contribution is -0.119. The van der Waals surface area contributed by atoms with Gasteiger partial charge in [0.2, 0.25) is 5.91 Å². The first kappa shape index (κ1) is 15.6. The van der Waals surface area contributed by atoms with E-state index in [-0.39, 0.29) is 12.5 Å². The minimum Gasteiger partial charge on any atom is -0.486 e. The van der Waals surface area contributed by atoms with Crippen LogP contribution in [0.2, 0.25) is 0 Å². The van der Waals surface area contributed by atoms with Crippen molar-refractivity contribution in [3.63, 3.8) is 0 Å². The van der Waals surface area contributed by atoms with Crippen molar-refractivity contribution in [1.82, 2.24) is 20.2 Å². The summed E-state index contributed by atoms with van der Waals surface area (Å²) in [5, 5.41) is 12.9. The van der Waals surface area contributed by atoms with E-state index < -0.39 is 0 Å². The Balaban J connectivity index is 1.63. The predicted molar refractivity (Wildman–Crippen MR) is 90.8 cm³/mol. The molecule has 25 heavy (non-hydrogen) atoms.